The van der Waals surface area contributed by atoms with Crippen LogP contribution < -0.4 is 15.9 Å². The van der Waals surface area contributed by atoms with Gasteiger partial charge >= 0.3 is 0 Å². The molecule has 3 nitrogen and oxygen atoms in total. The van der Waals surface area contributed by atoms with Crippen molar-refractivity contribution in [1.29, 1.82) is 0 Å². The highest BCUT2D eigenvalue weighted by molar-refractivity contribution is 7.82. The summed E-state index contributed by atoms with van der Waals surface area (Å²) in [5.41, 5.74) is 1.29. The highest BCUT2D eigenvalue weighted by Crippen LogP contribution is 2.59. The second kappa shape index (κ2) is 11.5. The van der Waals surface area contributed by atoms with Gasteiger partial charge in [0.2, 0.25) is 0 Å². The van der Waals surface area contributed by atoms with Gasteiger partial charge in [0.1, 0.15) is 0 Å². The van der Waals surface area contributed by atoms with Gasteiger partial charge in [-0.25, -0.2) is 0 Å². The number of hydrogen-bond acceptors (Lipinski definition) is 3. The van der Waals surface area contributed by atoms with Crippen LogP contribution in [-0.4, -0.2) is 5.78 Å². The molecule has 39 heavy (non-hydrogen) atoms. The van der Waals surface area contributed by atoms with Crippen molar-refractivity contribution >= 4 is 29.2 Å². The van der Waals surface area contributed by atoms with E-state index in [2.05, 4.69) is 5.32 Å². The molecule has 0 aliphatic heterocycles. The molecule has 5 aromatic carbocycles. The van der Waals surface area contributed by atoms with Crippen molar-refractivity contribution in [1.82, 2.24) is 0 Å². The van der Waals surface area contributed by atoms with E-state index in [0.717, 1.165) is 11.3 Å². The fourth-order valence-electron chi connectivity index (χ4n) is 4.93. The number of para-hydroxylation sites is 1. The van der Waals surface area contributed by atoms with Crippen LogP contribution >= 0.6 is 7.14 Å². The van der Waals surface area contributed by atoms with Crippen molar-refractivity contribution < 1.29 is 9.36 Å². The van der Waals surface area contributed by atoms with Crippen LogP contribution in [0.4, 0.5) is 5.69 Å². The Kier molecular flexibility index (Phi) is 7.72. The van der Waals surface area contributed by atoms with Crippen molar-refractivity contribution in [2.45, 2.75) is 12.5 Å². The van der Waals surface area contributed by atoms with E-state index in [9.17, 15) is 4.79 Å². The molecule has 5 rings (SSSR count). The number of anilines is 1. The first-order valence-electron chi connectivity index (χ1n) is 12.9. The first-order valence-corrected chi connectivity index (χ1v) is 14.6. The summed E-state index contributed by atoms with van der Waals surface area (Å²) in [5.74, 6) is -0.199. The molecule has 1 unspecified atom stereocenters. The van der Waals surface area contributed by atoms with E-state index in [-0.39, 0.29) is 5.78 Å². The number of allylic oxidation sites excluding steroid dienone is 1. The molecular weight excluding hydrogens is 497 g/mol. The van der Waals surface area contributed by atoms with Crippen LogP contribution in [0.5, 0.6) is 0 Å². The quantitative estimate of drug-likeness (QED) is 0.121. The highest BCUT2D eigenvalue weighted by Gasteiger charge is 2.44. The van der Waals surface area contributed by atoms with Gasteiger partial charge < -0.3 is 9.88 Å². The molecule has 0 amide bonds. The van der Waals surface area contributed by atoms with Crippen molar-refractivity contribution in [3.63, 3.8) is 0 Å². The largest absolute Gasteiger partial charge is 0.372 e. The molecule has 0 heterocycles. The molecule has 0 aliphatic rings. The number of carbonyl (C=O) groups excluding carboxylic acids is 1. The summed E-state index contributed by atoms with van der Waals surface area (Å²) in [6.45, 7) is 2.01. The number of benzene rings is 5. The van der Waals surface area contributed by atoms with Crippen molar-refractivity contribution in [3.8, 4) is 0 Å². The van der Waals surface area contributed by atoms with E-state index in [4.69, 9.17) is 0 Å². The van der Waals surface area contributed by atoms with Gasteiger partial charge in [-0.3, -0.25) is 4.79 Å². The summed E-state index contributed by atoms with van der Waals surface area (Å²) in [5, 5.41) is 5.53. The molecule has 0 saturated carbocycles. The fraction of sp³-hybridized carbons (Fsp3) is 0.0571. The van der Waals surface area contributed by atoms with Crippen molar-refractivity contribution in [2.75, 3.05) is 5.32 Å². The molecule has 0 saturated heterocycles. The SMILES string of the molecule is CC(Nc1ccccc1)(/C(=C/C(=O)c1ccccc1)P(=O)(c1ccccc1)c1ccccc1)c1ccccc1. The van der Waals surface area contributed by atoms with Crippen molar-refractivity contribution in [3.05, 3.63) is 174 Å². The van der Waals surface area contributed by atoms with E-state index in [1.807, 2.05) is 146 Å². The Labute approximate surface area is 230 Å². The molecule has 1 N–H and O–H groups in total. The van der Waals surface area contributed by atoms with Gasteiger partial charge in [-0.15, -0.1) is 0 Å². The summed E-state index contributed by atoms with van der Waals surface area (Å²) in [4.78, 5) is 13.9. The Balaban J connectivity index is 1.85. The lowest BCUT2D eigenvalue weighted by molar-refractivity contribution is 0.104. The van der Waals surface area contributed by atoms with Crippen LogP contribution in [-0.2, 0) is 10.1 Å². The normalized spacial score (nSPS) is 13.3. The van der Waals surface area contributed by atoms with Gasteiger partial charge in [0.05, 0.1) is 5.54 Å². The third-order valence-electron chi connectivity index (χ3n) is 6.94. The summed E-state index contributed by atoms with van der Waals surface area (Å²) in [7, 11) is -3.55. The summed E-state index contributed by atoms with van der Waals surface area (Å²) >= 11 is 0. The smallest absolute Gasteiger partial charge is 0.186 e. The average molecular weight is 528 g/mol. The lowest BCUT2D eigenvalue weighted by Crippen LogP contribution is -2.38. The lowest BCUT2D eigenvalue weighted by Gasteiger charge is -2.39. The Morgan fingerprint density at radius 2 is 1.03 bits per heavy atom. The molecule has 0 aromatic heterocycles. The molecule has 0 aliphatic carbocycles. The van der Waals surface area contributed by atoms with E-state index in [1.54, 1.807) is 18.2 Å². The molecule has 1 atom stereocenters. The maximum Gasteiger partial charge on any atom is 0.186 e. The Hall–Kier alpha value is -4.46. The molecule has 0 bridgehead atoms. The molecule has 0 spiro atoms. The summed E-state index contributed by atoms with van der Waals surface area (Å²) < 4.78 is 15.8. The Morgan fingerprint density at radius 1 is 0.615 bits per heavy atom. The molecular formula is C35H30NO2P. The third-order valence-corrected chi connectivity index (χ3v) is 10.2. The fourth-order valence-corrected chi connectivity index (χ4v) is 8.08. The zero-order valence-corrected chi connectivity index (χ0v) is 22.7. The number of nitrogens with one attached hydrogen (secondary N) is 1. The summed E-state index contributed by atoms with van der Waals surface area (Å²) in [6, 6.07) is 47.9. The lowest BCUT2D eigenvalue weighted by atomic mass is 9.89. The first kappa shape index (κ1) is 26.2. The topological polar surface area (TPSA) is 46.2 Å². The standard InChI is InChI=1S/C35H30NO2P/c1-35(29-19-9-3-10-20-29,36-30-21-11-4-12-22-30)34(27-33(37)28-17-7-2-8-18-28)39(38,31-23-13-5-14-24-31)32-25-15-6-16-26-32/h2-27,36H,1H3/b34-27-. The maximum absolute atomic E-state index is 15.8. The minimum Gasteiger partial charge on any atom is -0.372 e. The van der Waals surface area contributed by atoms with Crippen LogP contribution in [0.3, 0.4) is 0 Å². The number of rotatable bonds is 9. The predicted molar refractivity (Wildman–Crippen MR) is 162 cm³/mol. The van der Waals surface area contributed by atoms with E-state index in [1.165, 1.54) is 0 Å². The second-order valence-electron chi connectivity index (χ2n) is 9.52. The zero-order valence-electron chi connectivity index (χ0n) is 21.8. The van der Waals surface area contributed by atoms with Crippen LogP contribution in [0.1, 0.15) is 22.8 Å². The van der Waals surface area contributed by atoms with Crippen LogP contribution in [0.25, 0.3) is 0 Å². The number of ketones is 1. The molecule has 0 radical (unpaired) electrons. The van der Waals surface area contributed by atoms with Gasteiger partial charge in [0, 0.05) is 27.2 Å². The second-order valence-corrected chi connectivity index (χ2v) is 12.3. The maximum atomic E-state index is 15.8. The summed E-state index contributed by atoms with van der Waals surface area (Å²) in [6.07, 6.45) is 1.60. The van der Waals surface area contributed by atoms with Gasteiger partial charge in [0.25, 0.3) is 0 Å². The minimum atomic E-state index is -3.55. The monoisotopic (exact) mass is 527 g/mol. The zero-order chi connectivity index (χ0) is 27.1. The molecule has 0 fully saturated rings. The van der Waals surface area contributed by atoms with Gasteiger partial charge in [-0.05, 0) is 30.7 Å². The molecule has 5 aromatic rings. The van der Waals surface area contributed by atoms with E-state index < -0.39 is 12.7 Å². The first-order chi connectivity index (χ1) is 19.0. The van der Waals surface area contributed by atoms with Crippen LogP contribution in [0, 0.1) is 0 Å². The van der Waals surface area contributed by atoms with E-state index in [0.29, 0.717) is 21.5 Å². The Bertz CT molecular complexity index is 1560. The average Bonchev–Trinajstić information content (AvgIpc) is 3.01. The Morgan fingerprint density at radius 3 is 1.51 bits per heavy atom. The molecule has 192 valence electrons. The van der Waals surface area contributed by atoms with Gasteiger partial charge in [-0.2, -0.15) is 0 Å². The van der Waals surface area contributed by atoms with Crippen molar-refractivity contribution in [2.24, 2.45) is 0 Å². The van der Waals surface area contributed by atoms with Crippen LogP contribution in [0.2, 0.25) is 0 Å². The van der Waals surface area contributed by atoms with Gasteiger partial charge in [-0.1, -0.05) is 140 Å². The van der Waals surface area contributed by atoms with Gasteiger partial charge in [0.15, 0.2) is 12.9 Å². The highest BCUT2D eigenvalue weighted by atomic mass is 31.2. The third kappa shape index (κ3) is 5.41. The van der Waals surface area contributed by atoms with E-state index >= 15 is 4.57 Å². The molecule has 4 heteroatoms. The minimum absolute atomic E-state index is 0.199. The number of carbonyl (C=O) groups is 1. The predicted octanol–water partition coefficient (Wildman–Crippen LogP) is 7.79. The number of hydrogen-bond donors (Lipinski definition) is 1. The van der Waals surface area contributed by atoms with Crippen LogP contribution in [0.15, 0.2) is 163 Å².